The highest BCUT2D eigenvalue weighted by Gasteiger charge is 2.35. The number of hydrogen-bond donors (Lipinski definition) is 2. The van der Waals surface area contributed by atoms with E-state index in [9.17, 15) is 10.2 Å². The zero-order chi connectivity index (χ0) is 23.4. The van der Waals surface area contributed by atoms with E-state index in [2.05, 4.69) is 12.1 Å². The van der Waals surface area contributed by atoms with Crippen molar-refractivity contribution in [2.75, 3.05) is 6.61 Å². The summed E-state index contributed by atoms with van der Waals surface area (Å²) in [5, 5.41) is 22.7. The van der Waals surface area contributed by atoms with E-state index in [1.165, 1.54) is 0 Å². The van der Waals surface area contributed by atoms with E-state index in [-0.39, 0.29) is 18.4 Å². The molecular formula is C29H28ClNO2. The van der Waals surface area contributed by atoms with Crippen LogP contribution in [0.2, 0.25) is 5.02 Å². The van der Waals surface area contributed by atoms with Crippen molar-refractivity contribution in [3.05, 3.63) is 112 Å². The molecule has 1 heterocycles. The smallest absolute Gasteiger partial charge is 0.0724 e. The molecule has 2 N–H and O–H groups in total. The van der Waals surface area contributed by atoms with Crippen LogP contribution in [0.1, 0.15) is 42.1 Å². The number of hydrogen-bond acceptors (Lipinski definition) is 3. The minimum Gasteiger partial charge on any atom is -0.396 e. The largest absolute Gasteiger partial charge is 0.396 e. The Hall–Kier alpha value is -2.98. The highest BCUT2D eigenvalue weighted by atomic mass is 35.5. The molecule has 0 spiro atoms. The van der Waals surface area contributed by atoms with Crippen LogP contribution < -0.4 is 0 Å². The van der Waals surface area contributed by atoms with E-state index in [4.69, 9.17) is 16.6 Å². The Morgan fingerprint density at radius 3 is 2.33 bits per heavy atom. The molecule has 0 saturated heterocycles. The second-order valence-electron chi connectivity index (χ2n) is 8.91. The van der Waals surface area contributed by atoms with Gasteiger partial charge in [-0.3, -0.25) is 0 Å². The zero-order valence-corrected chi connectivity index (χ0v) is 19.6. The van der Waals surface area contributed by atoms with Gasteiger partial charge in [-0.1, -0.05) is 84.4 Å². The summed E-state index contributed by atoms with van der Waals surface area (Å²) < 4.78 is 0. The predicted molar refractivity (Wildman–Crippen MR) is 137 cm³/mol. The van der Waals surface area contributed by atoms with Crippen molar-refractivity contribution in [2.24, 2.45) is 5.92 Å². The third-order valence-electron chi connectivity index (χ3n) is 6.06. The minimum absolute atomic E-state index is 0.118. The molecule has 168 valence electrons. The lowest BCUT2D eigenvalue weighted by molar-refractivity contribution is -0.0157. The summed E-state index contributed by atoms with van der Waals surface area (Å²) in [5.41, 5.74) is 3.79. The van der Waals surface area contributed by atoms with Crippen LogP contribution in [0.4, 0.5) is 0 Å². The summed E-state index contributed by atoms with van der Waals surface area (Å²) in [7, 11) is 0. The molecule has 4 heteroatoms. The standard InChI is InChI=1S/C29H28ClNO2/c1-29(2,33)26(19-32)28(22-8-4-3-5-9-22)23-10-6-7-20(17-23)11-15-25-16-13-21-12-14-24(30)18-27(21)31-25/h3-18,26,28,32-33H,19H2,1-2H3. The summed E-state index contributed by atoms with van der Waals surface area (Å²) in [6.45, 7) is 3.39. The van der Waals surface area contributed by atoms with Gasteiger partial charge in [0.1, 0.15) is 0 Å². The molecule has 1 aromatic heterocycles. The van der Waals surface area contributed by atoms with Crippen LogP contribution in [0.15, 0.2) is 84.9 Å². The summed E-state index contributed by atoms with van der Waals surface area (Å²) in [6.07, 6.45) is 4.01. The number of rotatable bonds is 7. The molecule has 0 radical (unpaired) electrons. The molecule has 3 nitrogen and oxygen atoms in total. The summed E-state index contributed by atoms with van der Waals surface area (Å²) in [5.74, 6) is -0.503. The van der Waals surface area contributed by atoms with Crippen molar-refractivity contribution < 1.29 is 10.2 Å². The van der Waals surface area contributed by atoms with Crippen LogP contribution in [-0.2, 0) is 0 Å². The van der Waals surface area contributed by atoms with Crippen LogP contribution in [0.5, 0.6) is 0 Å². The molecule has 0 aliphatic carbocycles. The Morgan fingerprint density at radius 2 is 1.61 bits per heavy atom. The van der Waals surface area contributed by atoms with Crippen molar-refractivity contribution in [3.8, 4) is 0 Å². The first-order valence-corrected chi connectivity index (χ1v) is 11.5. The van der Waals surface area contributed by atoms with E-state index in [0.717, 1.165) is 33.3 Å². The Balaban J connectivity index is 1.69. The molecule has 4 rings (SSSR count). The van der Waals surface area contributed by atoms with Gasteiger partial charge in [-0.25, -0.2) is 4.98 Å². The first-order chi connectivity index (χ1) is 15.8. The highest BCUT2D eigenvalue weighted by molar-refractivity contribution is 6.31. The number of aliphatic hydroxyl groups excluding tert-OH is 1. The molecule has 0 aliphatic heterocycles. The maximum Gasteiger partial charge on any atom is 0.0724 e. The first kappa shape index (κ1) is 23.2. The van der Waals surface area contributed by atoms with Crippen LogP contribution in [-0.4, -0.2) is 27.4 Å². The van der Waals surface area contributed by atoms with Crippen molar-refractivity contribution >= 4 is 34.7 Å². The first-order valence-electron chi connectivity index (χ1n) is 11.1. The average molecular weight is 458 g/mol. The van der Waals surface area contributed by atoms with Gasteiger partial charge < -0.3 is 10.2 Å². The zero-order valence-electron chi connectivity index (χ0n) is 18.8. The lowest BCUT2D eigenvalue weighted by Gasteiger charge is -2.35. The predicted octanol–water partition coefficient (Wildman–Crippen LogP) is 6.57. The molecule has 4 aromatic rings. The van der Waals surface area contributed by atoms with Gasteiger partial charge in [0, 0.05) is 28.9 Å². The number of aliphatic hydroxyl groups is 2. The van der Waals surface area contributed by atoms with Crippen molar-refractivity contribution in [3.63, 3.8) is 0 Å². The van der Waals surface area contributed by atoms with Crippen LogP contribution >= 0.6 is 11.6 Å². The van der Waals surface area contributed by atoms with Crippen molar-refractivity contribution in [2.45, 2.75) is 25.4 Å². The molecule has 3 aromatic carbocycles. The lowest BCUT2D eigenvalue weighted by atomic mass is 9.73. The topological polar surface area (TPSA) is 53.4 Å². The number of pyridine rings is 1. The fraction of sp³-hybridized carbons (Fsp3) is 0.207. The summed E-state index contributed by atoms with van der Waals surface area (Å²) in [4.78, 5) is 4.69. The Kier molecular flexibility index (Phi) is 6.94. The SMILES string of the molecule is CC(C)(O)C(CO)C(c1ccccc1)c1cccc(C=Cc2ccc3ccc(Cl)cc3n2)c1. The average Bonchev–Trinajstić information content (AvgIpc) is 2.80. The molecule has 0 saturated carbocycles. The van der Waals surface area contributed by atoms with E-state index >= 15 is 0 Å². The quantitative estimate of drug-likeness (QED) is 0.330. The Morgan fingerprint density at radius 1 is 0.879 bits per heavy atom. The van der Waals surface area contributed by atoms with Gasteiger partial charge in [0.15, 0.2) is 0 Å². The van der Waals surface area contributed by atoms with Crippen LogP contribution in [0, 0.1) is 5.92 Å². The molecule has 0 amide bonds. The summed E-state index contributed by atoms with van der Waals surface area (Å²) in [6, 6.07) is 28.0. The Bertz CT molecular complexity index is 1260. The van der Waals surface area contributed by atoms with Gasteiger partial charge in [0.05, 0.1) is 16.8 Å². The molecule has 0 fully saturated rings. The fourth-order valence-electron chi connectivity index (χ4n) is 4.29. The second kappa shape index (κ2) is 9.88. The molecule has 0 aliphatic rings. The van der Waals surface area contributed by atoms with E-state index in [0.29, 0.717) is 5.02 Å². The minimum atomic E-state index is -1.04. The number of fused-ring (bicyclic) bond motifs is 1. The fourth-order valence-corrected chi connectivity index (χ4v) is 4.46. The number of nitrogens with zero attached hydrogens (tertiary/aromatic N) is 1. The van der Waals surface area contributed by atoms with Crippen LogP contribution in [0.25, 0.3) is 23.1 Å². The molecular weight excluding hydrogens is 430 g/mol. The van der Waals surface area contributed by atoms with E-state index < -0.39 is 5.60 Å². The second-order valence-corrected chi connectivity index (χ2v) is 9.34. The Labute approximate surface area is 200 Å². The molecule has 2 unspecified atom stereocenters. The van der Waals surface area contributed by atoms with Crippen LogP contribution in [0.3, 0.4) is 0 Å². The third kappa shape index (κ3) is 5.51. The van der Waals surface area contributed by atoms with Gasteiger partial charge in [-0.2, -0.15) is 0 Å². The van der Waals surface area contributed by atoms with Gasteiger partial charge in [0.25, 0.3) is 0 Å². The van der Waals surface area contributed by atoms with Gasteiger partial charge in [0.2, 0.25) is 0 Å². The third-order valence-corrected chi connectivity index (χ3v) is 6.29. The summed E-state index contributed by atoms with van der Waals surface area (Å²) >= 11 is 6.12. The maximum absolute atomic E-state index is 10.8. The van der Waals surface area contributed by atoms with Crippen molar-refractivity contribution in [1.29, 1.82) is 0 Å². The van der Waals surface area contributed by atoms with Gasteiger partial charge >= 0.3 is 0 Å². The highest BCUT2D eigenvalue weighted by Crippen LogP contribution is 2.38. The number of halogens is 1. The lowest BCUT2D eigenvalue weighted by Crippen LogP contribution is -2.38. The van der Waals surface area contributed by atoms with Gasteiger partial charge in [-0.15, -0.1) is 0 Å². The normalized spacial score (nSPS) is 14.0. The molecule has 0 bridgehead atoms. The number of aromatic nitrogens is 1. The van der Waals surface area contributed by atoms with Crippen molar-refractivity contribution in [1.82, 2.24) is 4.98 Å². The molecule has 2 atom stereocenters. The molecule has 33 heavy (non-hydrogen) atoms. The van der Waals surface area contributed by atoms with E-state index in [1.54, 1.807) is 13.8 Å². The maximum atomic E-state index is 10.8. The van der Waals surface area contributed by atoms with Gasteiger partial charge in [-0.05, 0) is 54.8 Å². The monoisotopic (exact) mass is 457 g/mol. The number of benzene rings is 3. The van der Waals surface area contributed by atoms with E-state index in [1.807, 2.05) is 84.9 Å².